The zero-order chi connectivity index (χ0) is 26.7. The van der Waals surface area contributed by atoms with Gasteiger partial charge in [0, 0.05) is 0 Å². The van der Waals surface area contributed by atoms with Crippen molar-refractivity contribution in [1.82, 2.24) is 0 Å². The van der Waals surface area contributed by atoms with Crippen molar-refractivity contribution in [3.63, 3.8) is 0 Å². The number of allylic oxidation sites excluding steroid dienone is 3. The number of aliphatic hydroxyl groups excluding tert-OH is 1. The number of hydrogen-bond acceptors (Lipinski definition) is 4. The molecule has 2 aromatic carbocycles. The van der Waals surface area contributed by atoms with Crippen molar-refractivity contribution < 1.29 is 36.5 Å². The standard InChI is InChI=1S/C23H20BF5NO3.C2H6/c1-11(2)20(19(13(4)24)21(31)22(25,26)27)30-15-7-5-14(6-8-15)16-10-18-17(9-12(16)3)32-23(28,29)33-18;1-2/h5-10,30-31H,1-4H3;1-2H3/b21-19+;. The molecule has 35 heavy (non-hydrogen) atoms. The van der Waals surface area contributed by atoms with Gasteiger partial charge in [0.25, 0.3) is 0 Å². The van der Waals surface area contributed by atoms with E-state index in [9.17, 15) is 27.1 Å². The Hall–Kier alpha value is -3.30. The van der Waals surface area contributed by atoms with E-state index >= 15 is 0 Å². The molecule has 0 amide bonds. The van der Waals surface area contributed by atoms with Crippen LogP contribution in [0.1, 0.15) is 40.2 Å². The summed E-state index contributed by atoms with van der Waals surface area (Å²) in [5.41, 5.74) is 2.08. The quantitative estimate of drug-likeness (QED) is 0.196. The van der Waals surface area contributed by atoms with Crippen molar-refractivity contribution in [3.05, 3.63) is 64.6 Å². The number of nitrogens with one attached hydrogen (secondary N) is 1. The van der Waals surface area contributed by atoms with Crippen molar-refractivity contribution in [1.29, 1.82) is 0 Å². The molecule has 1 heterocycles. The van der Waals surface area contributed by atoms with E-state index in [0.717, 1.165) is 0 Å². The number of ether oxygens (including phenoxy) is 2. The molecule has 2 aromatic rings. The van der Waals surface area contributed by atoms with Crippen LogP contribution in [0, 0.1) is 6.92 Å². The fourth-order valence-electron chi connectivity index (χ4n) is 3.37. The Kier molecular flexibility index (Phi) is 8.41. The monoisotopic (exact) mass is 494 g/mol. The maximum absolute atomic E-state index is 13.3. The molecule has 1 aliphatic rings. The normalized spacial score (nSPS) is 14.3. The third kappa shape index (κ3) is 6.43. The first-order valence-corrected chi connectivity index (χ1v) is 10.7. The Morgan fingerprint density at radius 1 is 0.971 bits per heavy atom. The van der Waals surface area contributed by atoms with Crippen LogP contribution >= 0.6 is 0 Å². The number of anilines is 1. The van der Waals surface area contributed by atoms with Crippen LogP contribution in [-0.4, -0.2) is 30.5 Å². The first-order chi connectivity index (χ1) is 16.2. The molecule has 1 radical (unpaired) electrons. The fourth-order valence-corrected chi connectivity index (χ4v) is 3.37. The van der Waals surface area contributed by atoms with Gasteiger partial charge in [-0.1, -0.05) is 13.8 Å². The van der Waals surface area contributed by atoms with Gasteiger partial charge in [-0.25, -0.2) is 0 Å². The summed E-state index contributed by atoms with van der Waals surface area (Å²) in [4.78, 5) is 0. The molecule has 0 spiro atoms. The van der Waals surface area contributed by atoms with Gasteiger partial charge in [0.05, 0.1) is 0 Å². The van der Waals surface area contributed by atoms with Gasteiger partial charge < -0.3 is 4.74 Å². The molecule has 4 nitrogen and oxygen atoms in total. The number of rotatable bonds is 5. The second-order valence-corrected chi connectivity index (χ2v) is 7.76. The number of fused-ring (bicyclic) bond motifs is 1. The van der Waals surface area contributed by atoms with Gasteiger partial charge in [0.2, 0.25) is 0 Å². The van der Waals surface area contributed by atoms with Crippen LogP contribution in [0.25, 0.3) is 11.1 Å². The summed E-state index contributed by atoms with van der Waals surface area (Å²) in [5.74, 6) is -1.96. The van der Waals surface area contributed by atoms with Crippen molar-refractivity contribution >= 4 is 18.6 Å². The van der Waals surface area contributed by atoms with Gasteiger partial charge in [-0.15, -0.1) is 8.78 Å². The van der Waals surface area contributed by atoms with Crippen LogP contribution < -0.4 is 14.8 Å². The first kappa shape index (κ1) is 27.9. The fraction of sp³-hybridized carbons (Fsp3) is 0.320. The Morgan fingerprint density at radius 2 is 1.49 bits per heavy atom. The van der Waals surface area contributed by atoms with Gasteiger partial charge in [0.15, 0.2) is 0 Å². The van der Waals surface area contributed by atoms with Crippen LogP contribution in [0.4, 0.5) is 27.6 Å². The molecular formula is C25H26BF5NO3. The van der Waals surface area contributed by atoms with E-state index in [0.29, 0.717) is 28.0 Å². The summed E-state index contributed by atoms with van der Waals surface area (Å²) in [6.07, 6.45) is -8.71. The van der Waals surface area contributed by atoms with Gasteiger partial charge in [-0.2, -0.15) is 0 Å². The van der Waals surface area contributed by atoms with E-state index in [-0.39, 0.29) is 22.7 Å². The second-order valence-electron chi connectivity index (χ2n) is 7.76. The van der Waals surface area contributed by atoms with Crippen LogP contribution in [0.2, 0.25) is 0 Å². The Morgan fingerprint density at radius 3 is 1.94 bits per heavy atom. The van der Waals surface area contributed by atoms with E-state index < -0.39 is 23.8 Å². The summed E-state index contributed by atoms with van der Waals surface area (Å²) < 4.78 is 75.1. The molecule has 0 aliphatic carbocycles. The molecular weight excluding hydrogens is 468 g/mol. The molecule has 2 N–H and O–H groups in total. The molecule has 0 unspecified atom stereocenters. The van der Waals surface area contributed by atoms with Crippen molar-refractivity contribution in [2.45, 2.75) is 54.0 Å². The van der Waals surface area contributed by atoms with Crippen molar-refractivity contribution in [2.75, 3.05) is 5.32 Å². The molecule has 0 saturated carbocycles. The number of aliphatic hydroxyl groups is 1. The Bertz CT molecular complexity index is 1160. The number of hydrogen-bond donors (Lipinski definition) is 2. The first-order valence-electron chi connectivity index (χ1n) is 10.7. The van der Waals surface area contributed by atoms with Crippen LogP contribution in [0.3, 0.4) is 0 Å². The number of aryl methyl sites for hydroxylation is 1. The average Bonchev–Trinajstić information content (AvgIpc) is 3.06. The van der Waals surface area contributed by atoms with Gasteiger partial charge in [0.1, 0.15) is 0 Å². The molecule has 0 fully saturated rings. The van der Waals surface area contributed by atoms with Crippen LogP contribution in [0.15, 0.2) is 59.0 Å². The van der Waals surface area contributed by atoms with E-state index in [1.54, 1.807) is 45.0 Å². The zero-order valence-electron chi connectivity index (χ0n) is 20.2. The Balaban J connectivity index is 0.00000210. The van der Waals surface area contributed by atoms with Gasteiger partial charge >= 0.3 is 174 Å². The van der Waals surface area contributed by atoms with E-state index in [1.165, 1.54) is 19.1 Å². The van der Waals surface area contributed by atoms with E-state index in [4.69, 9.17) is 7.49 Å². The third-order valence-corrected chi connectivity index (χ3v) is 4.86. The van der Waals surface area contributed by atoms with Crippen molar-refractivity contribution in [3.8, 4) is 22.6 Å². The summed E-state index contributed by atoms with van der Waals surface area (Å²) in [6.45, 7) is 10.1. The predicted octanol–water partition coefficient (Wildman–Crippen LogP) is 7.45. The predicted molar refractivity (Wildman–Crippen MR) is 128 cm³/mol. The van der Waals surface area contributed by atoms with E-state index in [1.807, 2.05) is 13.8 Å². The summed E-state index contributed by atoms with van der Waals surface area (Å²) in [7, 11) is 5.66. The van der Waals surface area contributed by atoms with Gasteiger partial charge in [-0.3, -0.25) is 0 Å². The van der Waals surface area contributed by atoms with Gasteiger partial charge in [-0.05, 0) is 0 Å². The summed E-state index contributed by atoms with van der Waals surface area (Å²) in [6, 6.07) is 9.41. The Labute approximate surface area is 202 Å². The number of halogens is 5. The third-order valence-electron chi connectivity index (χ3n) is 4.86. The number of benzene rings is 2. The topological polar surface area (TPSA) is 50.7 Å². The van der Waals surface area contributed by atoms with Crippen LogP contribution in [0.5, 0.6) is 11.5 Å². The number of alkyl halides is 5. The zero-order valence-corrected chi connectivity index (χ0v) is 20.2. The summed E-state index contributed by atoms with van der Waals surface area (Å²) in [5, 5.41) is 12.6. The minimum absolute atomic E-state index is 0.0130. The molecule has 3 rings (SSSR count). The van der Waals surface area contributed by atoms with Crippen LogP contribution in [-0.2, 0) is 0 Å². The molecule has 0 saturated heterocycles. The molecule has 187 valence electrons. The molecule has 10 heteroatoms. The second kappa shape index (κ2) is 10.5. The molecule has 1 aliphatic heterocycles. The maximum atomic E-state index is 13.3. The van der Waals surface area contributed by atoms with E-state index in [2.05, 4.69) is 14.8 Å². The SMILES string of the molecule is CC.[B]=C(C)/C(C(Nc1ccc(-c2cc3c(cc2C)OC(F)(F)O3)cc1)=C(C)C)=C(\O)C(F)(F)F. The molecule has 0 atom stereocenters. The summed E-state index contributed by atoms with van der Waals surface area (Å²) >= 11 is 0. The molecule has 0 aromatic heterocycles. The van der Waals surface area contributed by atoms with Crippen molar-refractivity contribution in [2.24, 2.45) is 0 Å². The molecule has 0 bridgehead atoms. The average molecular weight is 494 g/mol. The minimum atomic E-state index is -4.98.